The monoisotopic (exact) mass is 385 g/mol. The van der Waals surface area contributed by atoms with Gasteiger partial charge in [-0.15, -0.1) is 11.8 Å². The minimum Gasteiger partial charge on any atom is -0.372 e. The summed E-state index contributed by atoms with van der Waals surface area (Å²) in [5.74, 6) is -0.324. The number of Topliss-reactive ketones (excluding diaryl/α,β-unsaturated/α-hetero) is 1. The van der Waals surface area contributed by atoms with Gasteiger partial charge in [-0.2, -0.15) is 0 Å². The van der Waals surface area contributed by atoms with Crippen LogP contribution in [0.25, 0.3) is 0 Å². The molecule has 0 saturated carbocycles. The molecule has 6 heteroatoms. The predicted octanol–water partition coefficient (Wildman–Crippen LogP) is 2.86. The van der Waals surface area contributed by atoms with E-state index in [2.05, 4.69) is 29.8 Å². The highest BCUT2D eigenvalue weighted by molar-refractivity contribution is 8.00. The topological polar surface area (TPSA) is 70.2 Å². The number of nitrogens with one attached hydrogen (secondary N) is 3. The van der Waals surface area contributed by atoms with E-state index in [0.717, 1.165) is 36.1 Å². The van der Waals surface area contributed by atoms with Crippen molar-refractivity contribution in [2.24, 2.45) is 5.92 Å². The number of thioether (sulfide) groups is 1. The van der Waals surface area contributed by atoms with Crippen LogP contribution in [0.1, 0.15) is 51.0 Å². The lowest BCUT2D eigenvalue weighted by Crippen LogP contribution is -2.68. The number of rotatable bonds is 4. The lowest BCUT2D eigenvalue weighted by atomic mass is 9.70. The average molecular weight is 386 g/mol. The first-order chi connectivity index (χ1) is 13.1. The first-order valence-electron chi connectivity index (χ1n) is 9.88. The van der Waals surface area contributed by atoms with Crippen LogP contribution in [0.3, 0.4) is 0 Å². The van der Waals surface area contributed by atoms with E-state index in [-0.39, 0.29) is 35.2 Å². The molecule has 0 spiro atoms. The Bertz CT molecular complexity index is 764. The van der Waals surface area contributed by atoms with Crippen LogP contribution in [0, 0.1) is 5.92 Å². The molecule has 1 aromatic rings. The Hall–Kier alpha value is -1.79. The van der Waals surface area contributed by atoms with Gasteiger partial charge in [-0.3, -0.25) is 14.9 Å². The number of fused-ring (bicyclic) bond motifs is 1. The summed E-state index contributed by atoms with van der Waals surface area (Å²) in [4.78, 5) is 25.9. The molecule has 1 fully saturated rings. The zero-order valence-corrected chi connectivity index (χ0v) is 16.6. The number of hydrogen-bond donors (Lipinski definition) is 3. The smallest absolute Gasteiger partial charge is 0.229 e. The molecule has 1 aliphatic carbocycles. The molecule has 0 bridgehead atoms. The van der Waals surface area contributed by atoms with E-state index < -0.39 is 0 Å². The molecule has 1 aromatic carbocycles. The number of carbonyl (C=O) groups is 2. The third kappa shape index (κ3) is 3.52. The second kappa shape index (κ2) is 7.68. The van der Waals surface area contributed by atoms with Gasteiger partial charge in [0.25, 0.3) is 0 Å². The number of amides is 1. The summed E-state index contributed by atoms with van der Waals surface area (Å²) in [6, 6.07) is 10.0. The molecule has 144 valence electrons. The summed E-state index contributed by atoms with van der Waals surface area (Å²) in [5, 5.41) is 10.7. The van der Waals surface area contributed by atoms with E-state index in [1.807, 2.05) is 30.3 Å². The van der Waals surface area contributed by atoms with Gasteiger partial charge in [-0.1, -0.05) is 44.2 Å². The first kappa shape index (κ1) is 18.6. The van der Waals surface area contributed by atoms with E-state index in [0.29, 0.717) is 11.7 Å². The van der Waals surface area contributed by atoms with Crippen molar-refractivity contribution in [1.82, 2.24) is 16.0 Å². The summed E-state index contributed by atoms with van der Waals surface area (Å²) in [5.41, 5.74) is 2.77. The van der Waals surface area contributed by atoms with Crippen molar-refractivity contribution in [2.45, 2.75) is 62.4 Å². The molecule has 2 aliphatic heterocycles. The molecule has 4 rings (SSSR count). The first-order valence-corrected chi connectivity index (χ1v) is 10.8. The van der Waals surface area contributed by atoms with Gasteiger partial charge in [0.2, 0.25) is 5.91 Å². The highest BCUT2D eigenvalue weighted by Crippen LogP contribution is 2.43. The second-order valence-corrected chi connectivity index (χ2v) is 9.16. The minimum atomic E-state index is -0.331. The highest BCUT2D eigenvalue weighted by Gasteiger charge is 2.49. The van der Waals surface area contributed by atoms with Crippen molar-refractivity contribution in [3.63, 3.8) is 0 Å². The fourth-order valence-corrected chi connectivity index (χ4v) is 5.40. The molecular formula is C21H27N3O2S. The molecule has 0 radical (unpaired) electrons. The Labute approximate surface area is 164 Å². The third-order valence-electron chi connectivity index (χ3n) is 5.82. The fraction of sp³-hybridized carbons (Fsp3) is 0.524. The lowest BCUT2D eigenvalue weighted by molar-refractivity contribution is -0.130. The van der Waals surface area contributed by atoms with E-state index in [1.165, 1.54) is 0 Å². The Morgan fingerprint density at radius 3 is 2.67 bits per heavy atom. The van der Waals surface area contributed by atoms with Crippen molar-refractivity contribution in [1.29, 1.82) is 0 Å². The standard InChI is InChI=1S/C21H27N3O2S/c1-3-12(2)27-21-23-19-18(20(26)24-21)16(13-8-5-4-6-9-13)17-14(22-19)10-7-11-15(17)25/h4-6,8-9,12,16,18-19,21-23H,3,7,10-11H2,1-2H3,(H,24,26). The van der Waals surface area contributed by atoms with Gasteiger partial charge in [0.1, 0.15) is 5.50 Å². The third-order valence-corrected chi connectivity index (χ3v) is 7.15. The van der Waals surface area contributed by atoms with Gasteiger partial charge < -0.3 is 10.6 Å². The molecule has 5 unspecified atom stereocenters. The van der Waals surface area contributed by atoms with Crippen LogP contribution in [-0.2, 0) is 9.59 Å². The van der Waals surface area contributed by atoms with Crippen molar-refractivity contribution >= 4 is 23.5 Å². The SMILES string of the molecule is CCC(C)SC1NC(=O)C2C(NC3=C(C(=O)CCC3)C2c2ccccc2)N1. The number of benzene rings is 1. The van der Waals surface area contributed by atoms with Gasteiger partial charge in [-0.25, -0.2) is 0 Å². The van der Waals surface area contributed by atoms with Crippen LogP contribution in [0.15, 0.2) is 41.6 Å². The molecule has 3 aliphatic rings. The van der Waals surface area contributed by atoms with E-state index in [9.17, 15) is 9.59 Å². The average Bonchev–Trinajstić information content (AvgIpc) is 2.67. The Morgan fingerprint density at radius 2 is 1.93 bits per heavy atom. The van der Waals surface area contributed by atoms with Crippen molar-refractivity contribution in [2.75, 3.05) is 0 Å². The van der Waals surface area contributed by atoms with Crippen LogP contribution in [0.2, 0.25) is 0 Å². The van der Waals surface area contributed by atoms with Gasteiger partial charge in [0, 0.05) is 28.9 Å². The van der Waals surface area contributed by atoms with Gasteiger partial charge in [0.15, 0.2) is 5.78 Å². The molecule has 5 atom stereocenters. The highest BCUT2D eigenvalue weighted by atomic mass is 32.2. The van der Waals surface area contributed by atoms with Crippen LogP contribution >= 0.6 is 11.8 Å². The summed E-state index contributed by atoms with van der Waals surface area (Å²) in [6.07, 6.45) is 3.22. The molecule has 1 saturated heterocycles. The van der Waals surface area contributed by atoms with Crippen LogP contribution in [0.5, 0.6) is 0 Å². The maximum Gasteiger partial charge on any atom is 0.229 e. The summed E-state index contributed by atoms with van der Waals surface area (Å²) in [7, 11) is 0. The lowest BCUT2D eigenvalue weighted by Gasteiger charge is -2.47. The molecule has 27 heavy (non-hydrogen) atoms. The quantitative estimate of drug-likeness (QED) is 0.744. The molecular weight excluding hydrogens is 358 g/mol. The Morgan fingerprint density at radius 1 is 1.15 bits per heavy atom. The molecule has 1 amide bonds. The zero-order chi connectivity index (χ0) is 19.0. The van der Waals surface area contributed by atoms with E-state index >= 15 is 0 Å². The van der Waals surface area contributed by atoms with Crippen molar-refractivity contribution < 1.29 is 9.59 Å². The number of carbonyl (C=O) groups excluding carboxylic acids is 2. The van der Waals surface area contributed by atoms with Crippen LogP contribution in [-0.4, -0.2) is 28.6 Å². The number of ketones is 1. The van der Waals surface area contributed by atoms with Crippen molar-refractivity contribution in [3.05, 3.63) is 47.2 Å². The van der Waals surface area contributed by atoms with Crippen molar-refractivity contribution in [3.8, 4) is 0 Å². The number of hydrogen-bond acceptors (Lipinski definition) is 5. The minimum absolute atomic E-state index is 0.0193. The summed E-state index contributed by atoms with van der Waals surface area (Å²) >= 11 is 1.74. The fourth-order valence-electron chi connectivity index (χ4n) is 4.34. The normalized spacial score (nSPS) is 31.5. The Balaban J connectivity index is 1.71. The predicted molar refractivity (Wildman–Crippen MR) is 108 cm³/mol. The summed E-state index contributed by atoms with van der Waals surface area (Å²) in [6.45, 7) is 4.33. The zero-order valence-electron chi connectivity index (χ0n) is 15.8. The second-order valence-electron chi connectivity index (χ2n) is 7.62. The molecule has 2 heterocycles. The summed E-state index contributed by atoms with van der Waals surface area (Å²) < 4.78 is 0. The van der Waals surface area contributed by atoms with Gasteiger partial charge in [0.05, 0.1) is 12.1 Å². The molecule has 3 N–H and O–H groups in total. The maximum absolute atomic E-state index is 13.1. The maximum atomic E-state index is 13.1. The van der Waals surface area contributed by atoms with Gasteiger partial charge >= 0.3 is 0 Å². The van der Waals surface area contributed by atoms with E-state index in [4.69, 9.17) is 0 Å². The van der Waals surface area contributed by atoms with E-state index in [1.54, 1.807) is 11.8 Å². The molecule has 5 nitrogen and oxygen atoms in total. The van der Waals surface area contributed by atoms with Gasteiger partial charge in [-0.05, 0) is 24.8 Å². The van der Waals surface area contributed by atoms with Crippen LogP contribution in [0.4, 0.5) is 0 Å². The Kier molecular flexibility index (Phi) is 5.28. The largest absolute Gasteiger partial charge is 0.372 e. The molecule has 0 aromatic heterocycles. The van der Waals surface area contributed by atoms with Crippen LogP contribution < -0.4 is 16.0 Å². The number of allylic oxidation sites excluding steroid dienone is 2.